The summed E-state index contributed by atoms with van der Waals surface area (Å²) in [6.45, 7) is 0.477. The Hall–Kier alpha value is -2.55. The Morgan fingerprint density at radius 1 is 1.00 bits per heavy atom. The van der Waals surface area contributed by atoms with Crippen molar-refractivity contribution in [2.45, 2.75) is 24.4 Å². The van der Waals surface area contributed by atoms with E-state index in [2.05, 4.69) is 5.32 Å². The third-order valence-corrected chi connectivity index (χ3v) is 7.64. The Labute approximate surface area is 191 Å². The van der Waals surface area contributed by atoms with Crippen LogP contribution in [0.4, 0.5) is 20.2 Å². The average molecular weight is 478 g/mol. The van der Waals surface area contributed by atoms with E-state index in [0.29, 0.717) is 19.4 Å². The lowest BCUT2D eigenvalue weighted by Crippen LogP contribution is -2.54. The van der Waals surface area contributed by atoms with Gasteiger partial charge in [-0.05, 0) is 49.7 Å². The van der Waals surface area contributed by atoms with Gasteiger partial charge in [0.15, 0.2) is 0 Å². The van der Waals surface area contributed by atoms with Crippen LogP contribution in [0.1, 0.15) is 18.4 Å². The van der Waals surface area contributed by atoms with Gasteiger partial charge in [0.05, 0.1) is 28.2 Å². The molecule has 0 aliphatic carbocycles. The van der Waals surface area contributed by atoms with Crippen molar-refractivity contribution in [2.24, 2.45) is 11.8 Å². The van der Waals surface area contributed by atoms with E-state index < -0.39 is 46.7 Å². The first-order chi connectivity index (χ1) is 15.2. The Bertz CT molecular complexity index is 1230. The third-order valence-electron chi connectivity index (χ3n) is 7.12. The van der Waals surface area contributed by atoms with Gasteiger partial charge in [0, 0.05) is 16.6 Å². The normalized spacial score (nSPS) is 30.8. The highest BCUT2D eigenvalue weighted by Crippen LogP contribution is 2.61. The molecule has 4 aliphatic heterocycles. The minimum Gasteiger partial charge on any atom is -0.323 e. The average Bonchev–Trinajstić information content (AvgIpc) is 3.40. The molecule has 164 valence electrons. The third kappa shape index (κ3) is 2.30. The highest BCUT2D eigenvalue weighted by atomic mass is 35.5. The van der Waals surface area contributed by atoms with Gasteiger partial charge in [0.1, 0.15) is 17.2 Å². The summed E-state index contributed by atoms with van der Waals surface area (Å²) in [7, 11) is 0. The monoisotopic (exact) mass is 477 g/mol. The number of fused-ring (bicyclic) bond motifs is 7. The maximum Gasteiger partial charge on any atom is 0.250 e. The predicted octanol–water partition coefficient (Wildman–Crippen LogP) is 3.70. The van der Waals surface area contributed by atoms with Crippen molar-refractivity contribution in [1.29, 1.82) is 0 Å². The van der Waals surface area contributed by atoms with E-state index in [1.54, 1.807) is 0 Å². The van der Waals surface area contributed by atoms with Crippen molar-refractivity contribution in [1.82, 2.24) is 4.90 Å². The zero-order valence-electron chi connectivity index (χ0n) is 16.4. The first-order valence-corrected chi connectivity index (χ1v) is 10.9. The van der Waals surface area contributed by atoms with Crippen LogP contribution in [0.25, 0.3) is 0 Å². The molecule has 3 unspecified atom stereocenters. The van der Waals surface area contributed by atoms with E-state index >= 15 is 0 Å². The summed E-state index contributed by atoms with van der Waals surface area (Å²) in [4.78, 5) is 43.6. The fraction of sp³-hybridized carbons (Fsp3) is 0.318. The first-order valence-electron chi connectivity index (χ1n) is 10.2. The molecule has 0 saturated carbocycles. The number of halogens is 4. The topological polar surface area (TPSA) is 69.7 Å². The van der Waals surface area contributed by atoms with Crippen LogP contribution < -0.4 is 10.2 Å². The Kier molecular flexibility index (Phi) is 4.08. The summed E-state index contributed by atoms with van der Waals surface area (Å²) >= 11 is 12.2. The summed E-state index contributed by atoms with van der Waals surface area (Å²) < 4.78 is 28.4. The van der Waals surface area contributed by atoms with Crippen LogP contribution in [-0.4, -0.2) is 35.2 Å². The number of benzene rings is 2. The summed E-state index contributed by atoms with van der Waals surface area (Å²) in [5.41, 5.74) is -1.05. The van der Waals surface area contributed by atoms with E-state index in [-0.39, 0.29) is 33.0 Å². The minimum atomic E-state index is -1.56. The van der Waals surface area contributed by atoms with Crippen LogP contribution in [0.3, 0.4) is 0 Å². The maximum absolute atomic E-state index is 14.4. The molecular weight excluding hydrogens is 463 g/mol. The van der Waals surface area contributed by atoms with Gasteiger partial charge in [-0.3, -0.25) is 19.3 Å². The predicted molar refractivity (Wildman–Crippen MR) is 112 cm³/mol. The lowest BCUT2D eigenvalue weighted by atomic mass is 9.75. The van der Waals surface area contributed by atoms with E-state index in [0.717, 1.165) is 23.1 Å². The van der Waals surface area contributed by atoms with Crippen molar-refractivity contribution >= 4 is 52.3 Å². The van der Waals surface area contributed by atoms with E-state index in [1.165, 1.54) is 12.1 Å². The second kappa shape index (κ2) is 6.50. The Morgan fingerprint density at radius 3 is 2.50 bits per heavy atom. The molecule has 10 heteroatoms. The molecule has 2 aromatic carbocycles. The minimum absolute atomic E-state index is 0.00926. The fourth-order valence-electron chi connectivity index (χ4n) is 6.15. The smallest absolute Gasteiger partial charge is 0.250 e. The molecule has 0 radical (unpaired) electrons. The molecule has 1 N–H and O–H groups in total. The summed E-state index contributed by atoms with van der Waals surface area (Å²) in [6, 6.07) is 5.37. The number of carbonyl (C=O) groups is 3. The molecular formula is C22H15Cl2F2N3O3. The van der Waals surface area contributed by atoms with Crippen molar-refractivity contribution < 1.29 is 23.2 Å². The number of imide groups is 1. The van der Waals surface area contributed by atoms with E-state index in [1.807, 2.05) is 4.90 Å². The van der Waals surface area contributed by atoms with Crippen molar-refractivity contribution in [3.8, 4) is 0 Å². The molecule has 3 fully saturated rings. The van der Waals surface area contributed by atoms with Gasteiger partial charge in [-0.15, -0.1) is 0 Å². The van der Waals surface area contributed by atoms with Crippen LogP contribution >= 0.6 is 23.2 Å². The lowest BCUT2D eigenvalue weighted by Gasteiger charge is -2.36. The molecule has 2 aromatic rings. The molecule has 0 aromatic heterocycles. The standard InChI is InChI=1S/C22H15Cl2F2N3O3/c23-9-4-10(25)6-12(5-9)29-19(30)16-15-2-1-3-28(15)22(17(16)20(29)31)13-7-11(26)8-14(24)18(13)27-21(22)32/h4-8,15-17H,1-3H2,(H,27,32)/t15?,16?,17-,22?/m0/s1. The van der Waals surface area contributed by atoms with E-state index in [4.69, 9.17) is 23.2 Å². The second-order valence-electron chi connectivity index (χ2n) is 8.58. The van der Waals surface area contributed by atoms with Gasteiger partial charge >= 0.3 is 0 Å². The Morgan fingerprint density at radius 2 is 1.75 bits per heavy atom. The molecule has 0 bridgehead atoms. The quantitative estimate of drug-likeness (QED) is 0.635. The molecule has 32 heavy (non-hydrogen) atoms. The molecule has 6 nitrogen and oxygen atoms in total. The SMILES string of the molecule is O=C1C2C3CCCN3C3(C(=O)Nc4c(Cl)cc(F)cc43)[C@@H]2C(=O)N1c1cc(F)cc(Cl)c1. The van der Waals surface area contributed by atoms with Crippen molar-refractivity contribution in [2.75, 3.05) is 16.8 Å². The lowest BCUT2D eigenvalue weighted by molar-refractivity contribution is -0.135. The molecule has 4 heterocycles. The number of hydrogen-bond donors (Lipinski definition) is 1. The van der Waals surface area contributed by atoms with Gasteiger partial charge in [0.25, 0.3) is 5.91 Å². The van der Waals surface area contributed by atoms with Gasteiger partial charge in [-0.25, -0.2) is 13.7 Å². The van der Waals surface area contributed by atoms with Crippen molar-refractivity contribution in [3.05, 3.63) is 57.6 Å². The summed E-state index contributed by atoms with van der Waals surface area (Å²) in [6.07, 6.45) is 1.32. The number of rotatable bonds is 1. The van der Waals surface area contributed by atoms with Crippen LogP contribution in [0.2, 0.25) is 10.0 Å². The number of anilines is 2. The number of amides is 3. The van der Waals surface area contributed by atoms with Gasteiger partial charge in [-0.2, -0.15) is 0 Å². The first kappa shape index (κ1) is 20.1. The number of carbonyl (C=O) groups excluding carboxylic acids is 3. The molecule has 4 atom stereocenters. The zero-order valence-corrected chi connectivity index (χ0v) is 17.9. The zero-order chi connectivity index (χ0) is 22.5. The Balaban J connectivity index is 1.58. The molecule has 3 amide bonds. The van der Waals surface area contributed by atoms with Gasteiger partial charge < -0.3 is 5.32 Å². The van der Waals surface area contributed by atoms with Crippen LogP contribution in [0.15, 0.2) is 30.3 Å². The summed E-state index contributed by atoms with van der Waals surface area (Å²) in [5, 5.41) is 2.77. The highest BCUT2D eigenvalue weighted by molar-refractivity contribution is 6.35. The number of hydrogen-bond acceptors (Lipinski definition) is 4. The van der Waals surface area contributed by atoms with Gasteiger partial charge in [0.2, 0.25) is 11.8 Å². The van der Waals surface area contributed by atoms with Crippen LogP contribution in [0.5, 0.6) is 0 Å². The molecule has 3 saturated heterocycles. The molecule has 4 aliphatic rings. The maximum atomic E-state index is 14.4. The largest absolute Gasteiger partial charge is 0.323 e. The summed E-state index contributed by atoms with van der Waals surface area (Å²) in [5.74, 6) is -4.93. The second-order valence-corrected chi connectivity index (χ2v) is 9.42. The van der Waals surface area contributed by atoms with Crippen molar-refractivity contribution in [3.63, 3.8) is 0 Å². The molecule has 6 rings (SSSR count). The highest BCUT2D eigenvalue weighted by Gasteiger charge is 2.74. The van der Waals surface area contributed by atoms with Crippen LogP contribution in [-0.2, 0) is 19.9 Å². The molecule has 1 spiro atoms. The fourth-order valence-corrected chi connectivity index (χ4v) is 6.62. The van der Waals surface area contributed by atoms with Crippen LogP contribution in [0, 0.1) is 23.5 Å². The van der Waals surface area contributed by atoms with E-state index in [9.17, 15) is 23.2 Å². The van der Waals surface area contributed by atoms with Gasteiger partial charge in [-0.1, -0.05) is 23.2 Å². The number of nitrogens with zero attached hydrogens (tertiary/aromatic N) is 2. The number of nitrogens with one attached hydrogen (secondary N) is 1.